The Morgan fingerprint density at radius 2 is 1.86 bits per heavy atom. The lowest BCUT2D eigenvalue weighted by molar-refractivity contribution is -0.160. The molecular weight excluding hydrogens is 483 g/mol. The summed E-state index contributed by atoms with van der Waals surface area (Å²) in [4.78, 5) is 32.3. The van der Waals surface area contributed by atoms with E-state index in [1.165, 1.54) is 0 Å². The highest BCUT2D eigenvalue weighted by Crippen LogP contribution is 2.54. The summed E-state index contributed by atoms with van der Waals surface area (Å²) in [7, 11) is 0. The van der Waals surface area contributed by atoms with Crippen molar-refractivity contribution in [1.82, 2.24) is 9.88 Å². The van der Waals surface area contributed by atoms with Crippen molar-refractivity contribution in [2.75, 3.05) is 0 Å². The van der Waals surface area contributed by atoms with Crippen molar-refractivity contribution in [2.45, 2.75) is 51.1 Å². The topological polar surface area (TPSA) is 70.5 Å². The van der Waals surface area contributed by atoms with Gasteiger partial charge in [0.2, 0.25) is 5.91 Å². The third-order valence-electron chi connectivity index (χ3n) is 6.92. The number of aromatic nitrogens is 1. The number of carboxylic acid groups (broad SMARTS) is 1. The predicted molar refractivity (Wildman–Crippen MR) is 137 cm³/mol. The molecule has 0 radical (unpaired) electrons. The van der Waals surface area contributed by atoms with Crippen LogP contribution in [0.3, 0.4) is 0 Å². The molecule has 4 atom stereocenters. The minimum atomic E-state index is -1.09. The molecule has 1 aliphatic heterocycles. The number of benzene rings is 2. The summed E-state index contributed by atoms with van der Waals surface area (Å²) in [6, 6.07) is 18.3. The van der Waals surface area contributed by atoms with Gasteiger partial charge in [-0.1, -0.05) is 67.4 Å². The van der Waals surface area contributed by atoms with E-state index in [0.29, 0.717) is 22.9 Å². The first-order chi connectivity index (χ1) is 16.7. The monoisotopic (exact) mass is 510 g/mol. The number of aliphatic carboxylic acids is 1. The fraction of sp³-hybridized carbons (Fsp3) is 0.321. The van der Waals surface area contributed by atoms with E-state index < -0.39 is 11.4 Å². The van der Waals surface area contributed by atoms with Gasteiger partial charge in [0.1, 0.15) is 0 Å². The summed E-state index contributed by atoms with van der Waals surface area (Å²) in [5.74, 6) is -1.35. The predicted octanol–water partition coefficient (Wildman–Crippen LogP) is 7.08. The molecular formula is C28H28Cl2N2O3. The van der Waals surface area contributed by atoms with E-state index >= 15 is 0 Å². The van der Waals surface area contributed by atoms with Crippen LogP contribution in [0.15, 0.2) is 73.1 Å². The maximum atomic E-state index is 14.2. The van der Waals surface area contributed by atoms with Crippen molar-refractivity contribution in [3.05, 3.63) is 99.8 Å². The normalized spacial score (nSPS) is 23.2. The van der Waals surface area contributed by atoms with Crippen molar-refractivity contribution < 1.29 is 14.7 Å². The largest absolute Gasteiger partial charge is 0.481 e. The number of carboxylic acids is 1. The van der Waals surface area contributed by atoms with Crippen LogP contribution in [0.4, 0.5) is 0 Å². The van der Waals surface area contributed by atoms with E-state index in [1.807, 2.05) is 72.5 Å². The quantitative estimate of drug-likeness (QED) is 0.368. The third kappa shape index (κ3) is 5.21. The Labute approximate surface area is 215 Å². The molecule has 7 heteroatoms. The molecule has 3 aromatic rings. The smallest absolute Gasteiger partial charge is 0.304 e. The first kappa shape index (κ1) is 25.2. The highest BCUT2D eigenvalue weighted by molar-refractivity contribution is 6.30. The van der Waals surface area contributed by atoms with Gasteiger partial charge in [0.25, 0.3) is 0 Å². The van der Waals surface area contributed by atoms with E-state index in [2.05, 4.69) is 4.98 Å². The standard InChI is InChI=1S/C28H28Cl2N2O3/c1-3-24(20-7-5-13-31-17-20)32-26(18-9-11-21(29)12-10-18)23(19-6-4-8-22(30)14-19)15-28(2,27(32)35)16-25(33)34/h4-14,17,23-24,26H,3,15-16H2,1-2H3,(H,33,34)/t23-,24?,26-,28-/m1/s1. The Morgan fingerprint density at radius 3 is 2.46 bits per heavy atom. The second-order valence-electron chi connectivity index (χ2n) is 9.42. The van der Waals surface area contributed by atoms with Gasteiger partial charge in [-0.25, -0.2) is 0 Å². The van der Waals surface area contributed by atoms with Crippen LogP contribution in [-0.4, -0.2) is 26.9 Å². The number of halogens is 2. The maximum absolute atomic E-state index is 14.2. The number of amides is 1. The second-order valence-corrected chi connectivity index (χ2v) is 10.3. The molecule has 5 nitrogen and oxygen atoms in total. The van der Waals surface area contributed by atoms with Gasteiger partial charge in [0.05, 0.1) is 23.9 Å². The molecule has 0 saturated carbocycles. The number of rotatable bonds is 7. The highest BCUT2D eigenvalue weighted by atomic mass is 35.5. The van der Waals surface area contributed by atoms with Crippen LogP contribution in [0.5, 0.6) is 0 Å². The highest BCUT2D eigenvalue weighted by Gasteiger charge is 2.52. The Balaban J connectivity index is 1.95. The molecule has 1 N–H and O–H groups in total. The zero-order chi connectivity index (χ0) is 25.2. The van der Waals surface area contributed by atoms with Crippen LogP contribution in [0.25, 0.3) is 0 Å². The van der Waals surface area contributed by atoms with Crippen LogP contribution < -0.4 is 0 Å². The zero-order valence-corrected chi connectivity index (χ0v) is 21.2. The van der Waals surface area contributed by atoms with Gasteiger partial charge in [-0.2, -0.15) is 0 Å². The van der Waals surface area contributed by atoms with E-state index in [9.17, 15) is 14.7 Å². The Morgan fingerprint density at radius 1 is 1.11 bits per heavy atom. The first-order valence-corrected chi connectivity index (χ1v) is 12.4. The van der Waals surface area contributed by atoms with Crippen molar-refractivity contribution in [3.8, 4) is 0 Å². The fourth-order valence-electron chi connectivity index (χ4n) is 5.39. The minimum Gasteiger partial charge on any atom is -0.481 e. The average Bonchev–Trinajstić information content (AvgIpc) is 2.83. The maximum Gasteiger partial charge on any atom is 0.304 e. The van der Waals surface area contributed by atoms with Gasteiger partial charge < -0.3 is 10.0 Å². The number of pyridine rings is 1. The molecule has 1 aliphatic rings. The first-order valence-electron chi connectivity index (χ1n) is 11.7. The van der Waals surface area contributed by atoms with Gasteiger partial charge in [0, 0.05) is 28.4 Å². The fourth-order valence-corrected chi connectivity index (χ4v) is 5.71. The molecule has 4 rings (SSSR count). The Bertz CT molecular complexity index is 1200. The Hall–Kier alpha value is -2.89. The summed E-state index contributed by atoms with van der Waals surface area (Å²) >= 11 is 12.6. The van der Waals surface area contributed by atoms with Crippen LogP contribution in [0.2, 0.25) is 10.0 Å². The van der Waals surface area contributed by atoms with E-state index in [1.54, 1.807) is 19.3 Å². The number of carbonyl (C=O) groups excluding carboxylic acids is 1. The molecule has 35 heavy (non-hydrogen) atoms. The van der Waals surface area contributed by atoms with Crippen LogP contribution in [0.1, 0.15) is 67.8 Å². The second kappa shape index (κ2) is 10.4. The lowest BCUT2D eigenvalue weighted by Crippen LogP contribution is -2.53. The van der Waals surface area contributed by atoms with Crippen LogP contribution >= 0.6 is 23.2 Å². The molecule has 2 aromatic carbocycles. The molecule has 2 heterocycles. The zero-order valence-electron chi connectivity index (χ0n) is 19.7. The summed E-state index contributed by atoms with van der Waals surface area (Å²) in [5.41, 5.74) is 1.73. The molecule has 1 fully saturated rings. The van der Waals surface area contributed by atoms with E-state index in [4.69, 9.17) is 23.2 Å². The molecule has 1 amide bonds. The van der Waals surface area contributed by atoms with E-state index in [-0.39, 0.29) is 30.3 Å². The molecule has 0 spiro atoms. The van der Waals surface area contributed by atoms with Crippen molar-refractivity contribution in [2.24, 2.45) is 5.41 Å². The lowest BCUT2D eigenvalue weighted by Gasteiger charge is -2.52. The Kier molecular flexibility index (Phi) is 7.48. The number of likely N-dealkylation sites (tertiary alicyclic amines) is 1. The molecule has 1 saturated heterocycles. The molecule has 0 aliphatic carbocycles. The molecule has 1 unspecified atom stereocenters. The number of hydrogen-bond acceptors (Lipinski definition) is 3. The minimum absolute atomic E-state index is 0.172. The van der Waals surface area contributed by atoms with Gasteiger partial charge >= 0.3 is 5.97 Å². The third-order valence-corrected chi connectivity index (χ3v) is 7.41. The molecule has 0 bridgehead atoms. The number of nitrogens with zero attached hydrogens (tertiary/aromatic N) is 2. The molecule has 182 valence electrons. The van der Waals surface area contributed by atoms with E-state index in [0.717, 1.165) is 16.7 Å². The van der Waals surface area contributed by atoms with Crippen molar-refractivity contribution in [1.29, 1.82) is 0 Å². The summed E-state index contributed by atoms with van der Waals surface area (Å²) in [6.45, 7) is 3.80. The van der Waals surface area contributed by atoms with Crippen molar-refractivity contribution in [3.63, 3.8) is 0 Å². The summed E-state index contributed by atoms with van der Waals surface area (Å²) in [6.07, 6.45) is 4.25. The summed E-state index contributed by atoms with van der Waals surface area (Å²) < 4.78 is 0. The SMILES string of the molecule is CCC(c1cccnc1)N1C(=O)[C@@](C)(CC(=O)O)C[C@H](c2cccc(Cl)c2)[C@H]1c1ccc(Cl)cc1. The van der Waals surface area contributed by atoms with Gasteiger partial charge in [0.15, 0.2) is 0 Å². The number of hydrogen-bond donors (Lipinski definition) is 1. The van der Waals surface area contributed by atoms with Crippen LogP contribution in [-0.2, 0) is 9.59 Å². The van der Waals surface area contributed by atoms with Gasteiger partial charge in [-0.05, 0) is 59.9 Å². The summed E-state index contributed by atoms with van der Waals surface area (Å²) in [5, 5.41) is 11.0. The number of piperidine rings is 1. The van der Waals surface area contributed by atoms with Crippen molar-refractivity contribution >= 4 is 35.1 Å². The van der Waals surface area contributed by atoms with Gasteiger partial charge in [-0.3, -0.25) is 14.6 Å². The van der Waals surface area contributed by atoms with Gasteiger partial charge in [-0.15, -0.1) is 0 Å². The molecule has 1 aromatic heterocycles. The lowest BCUT2D eigenvalue weighted by atomic mass is 9.66. The van der Waals surface area contributed by atoms with Crippen LogP contribution in [0, 0.1) is 5.41 Å². The number of carbonyl (C=O) groups is 2. The average molecular weight is 511 g/mol.